The number of hydrogen-bond acceptors (Lipinski definition) is 5. The summed E-state index contributed by atoms with van der Waals surface area (Å²) in [6, 6.07) is 66.1. The quantitative estimate of drug-likeness (QED) is 0.138. The highest BCUT2D eigenvalue weighted by Crippen LogP contribution is 2.45. The van der Waals surface area contributed by atoms with Crippen molar-refractivity contribution in [3.63, 3.8) is 0 Å². The molecule has 5 nitrogen and oxygen atoms in total. The van der Waals surface area contributed by atoms with Crippen LogP contribution in [-0.2, 0) is 0 Å². The lowest BCUT2D eigenvalue weighted by Gasteiger charge is -2.32. The lowest BCUT2D eigenvalue weighted by molar-refractivity contribution is 1.02. The molecule has 0 fully saturated rings. The first kappa shape index (κ1) is 39.8. The van der Waals surface area contributed by atoms with E-state index in [4.69, 9.17) is 15.0 Å². The molecular weight excluding hydrogens is 755 g/mol. The zero-order chi connectivity index (χ0) is 42.7. The summed E-state index contributed by atoms with van der Waals surface area (Å²) in [5, 5.41) is 0. The van der Waals surface area contributed by atoms with Crippen molar-refractivity contribution in [2.75, 3.05) is 9.80 Å². The third-order valence-electron chi connectivity index (χ3n) is 11.4. The summed E-state index contributed by atoms with van der Waals surface area (Å²) >= 11 is 0. The first-order chi connectivity index (χ1) is 30.2. The third kappa shape index (κ3) is 8.01. The minimum Gasteiger partial charge on any atom is -0.309 e. The summed E-state index contributed by atoms with van der Waals surface area (Å²) in [6.45, 7) is 13.2. The summed E-state index contributed by atoms with van der Waals surface area (Å²) in [5.74, 6) is 1.71. The first-order valence-corrected chi connectivity index (χ1v) is 21.2. The van der Waals surface area contributed by atoms with Crippen LogP contribution in [0.3, 0.4) is 0 Å². The topological polar surface area (TPSA) is 45.2 Å². The smallest absolute Gasteiger partial charge is 0.238 e. The van der Waals surface area contributed by atoms with Crippen molar-refractivity contribution in [3.05, 3.63) is 221 Å². The monoisotopic (exact) mass is 803 g/mol. The summed E-state index contributed by atoms with van der Waals surface area (Å²) in [5.41, 5.74) is 19.0. The number of aryl methyl sites for hydroxylation is 6. The van der Waals surface area contributed by atoms with Crippen LogP contribution in [0.2, 0.25) is 0 Å². The molecule has 0 bridgehead atoms. The van der Waals surface area contributed by atoms with E-state index in [0.717, 1.165) is 50.4 Å². The van der Waals surface area contributed by atoms with Gasteiger partial charge in [0.05, 0.1) is 17.1 Å². The Labute approximate surface area is 365 Å². The highest BCUT2D eigenvalue weighted by molar-refractivity contribution is 5.89. The number of nitrogens with zero attached hydrogens (tertiary/aromatic N) is 5. The molecule has 0 amide bonds. The van der Waals surface area contributed by atoms with Gasteiger partial charge in [-0.25, -0.2) is 4.98 Å². The van der Waals surface area contributed by atoms with Gasteiger partial charge in [-0.3, -0.25) is 4.90 Å². The molecule has 1 heterocycles. The number of aromatic nitrogens is 3. The molecule has 0 aliphatic heterocycles. The zero-order valence-corrected chi connectivity index (χ0v) is 36.1. The summed E-state index contributed by atoms with van der Waals surface area (Å²) < 4.78 is 0. The number of para-hydroxylation sites is 1. The molecule has 5 heteroatoms. The van der Waals surface area contributed by atoms with Crippen LogP contribution in [0.25, 0.3) is 45.0 Å². The number of rotatable bonds is 10. The van der Waals surface area contributed by atoms with Crippen molar-refractivity contribution in [2.24, 2.45) is 0 Å². The Hall–Kier alpha value is -7.63. The molecule has 1 aromatic heterocycles. The SMILES string of the molecule is Cc1cc(C)c(N(c2ccc(N(c3nc(-c4ccccc4)nc(-c4ccc(-c5ccccc5)cc4)n3)c3ccccc3-c3ccccc3)cc2)c2c(C)cc(C)cc2C)c(C)c1. The third-order valence-corrected chi connectivity index (χ3v) is 11.4. The van der Waals surface area contributed by atoms with Gasteiger partial charge in [-0.2, -0.15) is 9.97 Å². The first-order valence-electron chi connectivity index (χ1n) is 21.2. The van der Waals surface area contributed by atoms with Crippen LogP contribution in [0, 0.1) is 41.5 Å². The Morgan fingerprint density at radius 2 is 0.694 bits per heavy atom. The van der Waals surface area contributed by atoms with E-state index in [1.165, 1.54) is 44.8 Å². The summed E-state index contributed by atoms with van der Waals surface area (Å²) in [6.07, 6.45) is 0. The Morgan fingerprint density at radius 1 is 0.323 bits per heavy atom. The van der Waals surface area contributed by atoms with Gasteiger partial charge in [0, 0.05) is 28.1 Å². The van der Waals surface area contributed by atoms with Crippen molar-refractivity contribution in [1.29, 1.82) is 0 Å². The molecule has 9 aromatic rings. The maximum Gasteiger partial charge on any atom is 0.238 e. The summed E-state index contributed by atoms with van der Waals surface area (Å²) in [7, 11) is 0. The fourth-order valence-electron chi connectivity index (χ4n) is 8.82. The van der Waals surface area contributed by atoms with E-state index in [2.05, 4.69) is 215 Å². The van der Waals surface area contributed by atoms with Gasteiger partial charge >= 0.3 is 0 Å². The molecule has 0 saturated heterocycles. The van der Waals surface area contributed by atoms with Gasteiger partial charge < -0.3 is 4.90 Å². The lowest BCUT2D eigenvalue weighted by atomic mass is 9.98. The van der Waals surface area contributed by atoms with Crippen LogP contribution >= 0.6 is 0 Å². The van der Waals surface area contributed by atoms with Gasteiger partial charge in [-0.1, -0.05) is 169 Å². The second kappa shape index (κ2) is 17.2. The fraction of sp³-hybridized carbons (Fsp3) is 0.105. The van der Waals surface area contributed by atoms with Crippen molar-refractivity contribution < 1.29 is 0 Å². The van der Waals surface area contributed by atoms with Gasteiger partial charge in [0.1, 0.15) is 0 Å². The summed E-state index contributed by atoms with van der Waals surface area (Å²) in [4.78, 5) is 20.4. The van der Waals surface area contributed by atoms with Gasteiger partial charge in [0.25, 0.3) is 0 Å². The van der Waals surface area contributed by atoms with Crippen LogP contribution in [0.15, 0.2) is 188 Å². The molecule has 0 aliphatic rings. The predicted octanol–water partition coefficient (Wildman–Crippen LogP) is 15.3. The Bertz CT molecular complexity index is 2890. The van der Waals surface area contributed by atoms with E-state index in [0.29, 0.717) is 17.6 Å². The normalized spacial score (nSPS) is 11.1. The van der Waals surface area contributed by atoms with Crippen LogP contribution in [0.4, 0.5) is 34.4 Å². The molecule has 9 rings (SSSR count). The van der Waals surface area contributed by atoms with Gasteiger partial charge in [-0.05, 0) is 111 Å². The molecule has 0 unspecified atom stereocenters. The number of anilines is 6. The van der Waals surface area contributed by atoms with Crippen LogP contribution in [0.5, 0.6) is 0 Å². The molecule has 0 spiro atoms. The van der Waals surface area contributed by atoms with E-state index in [1.807, 2.05) is 24.3 Å². The average molecular weight is 804 g/mol. The fourth-order valence-corrected chi connectivity index (χ4v) is 8.82. The zero-order valence-electron chi connectivity index (χ0n) is 36.1. The molecule has 0 saturated carbocycles. The van der Waals surface area contributed by atoms with Gasteiger partial charge in [0.2, 0.25) is 5.95 Å². The second-order valence-electron chi connectivity index (χ2n) is 16.2. The standard InChI is InChI=1S/C57H49N5/c1-38-34-40(3)53(41(4)35-38)62(54-42(5)36-39(2)37-43(54)6)50-32-30-49(31-33-50)61(52-25-17-16-24-51(52)46-20-12-8-13-21-46)57-59-55(47-22-14-9-15-23-47)58-56(60-57)48-28-26-45(27-29-48)44-18-10-7-11-19-44/h7-37H,1-6H3. The molecule has 302 valence electrons. The minimum atomic E-state index is 0.518. The molecule has 0 radical (unpaired) electrons. The Balaban J connectivity index is 1.25. The number of benzene rings is 8. The van der Waals surface area contributed by atoms with E-state index >= 15 is 0 Å². The van der Waals surface area contributed by atoms with Crippen LogP contribution in [0.1, 0.15) is 33.4 Å². The molecule has 8 aromatic carbocycles. The van der Waals surface area contributed by atoms with Crippen LogP contribution < -0.4 is 9.80 Å². The van der Waals surface area contributed by atoms with Crippen LogP contribution in [-0.4, -0.2) is 15.0 Å². The highest BCUT2D eigenvalue weighted by atomic mass is 15.3. The predicted molar refractivity (Wildman–Crippen MR) is 259 cm³/mol. The van der Waals surface area contributed by atoms with E-state index in [1.54, 1.807) is 0 Å². The van der Waals surface area contributed by atoms with E-state index in [-0.39, 0.29) is 0 Å². The van der Waals surface area contributed by atoms with Crippen molar-refractivity contribution >= 4 is 34.4 Å². The molecule has 62 heavy (non-hydrogen) atoms. The molecule has 0 N–H and O–H groups in total. The van der Waals surface area contributed by atoms with Gasteiger partial charge in [-0.15, -0.1) is 0 Å². The molecule has 0 aliphatic carbocycles. The van der Waals surface area contributed by atoms with E-state index in [9.17, 15) is 0 Å². The number of hydrogen-bond donors (Lipinski definition) is 0. The highest BCUT2D eigenvalue weighted by Gasteiger charge is 2.25. The maximum absolute atomic E-state index is 5.33. The van der Waals surface area contributed by atoms with E-state index < -0.39 is 0 Å². The molecular formula is C57H49N5. The maximum atomic E-state index is 5.33. The second-order valence-corrected chi connectivity index (χ2v) is 16.2. The lowest BCUT2D eigenvalue weighted by Crippen LogP contribution is -2.18. The Morgan fingerprint density at radius 3 is 1.19 bits per heavy atom. The van der Waals surface area contributed by atoms with Crippen molar-refractivity contribution in [1.82, 2.24) is 15.0 Å². The minimum absolute atomic E-state index is 0.518. The Kier molecular flexibility index (Phi) is 11.0. The van der Waals surface area contributed by atoms with Gasteiger partial charge in [0.15, 0.2) is 11.6 Å². The van der Waals surface area contributed by atoms with Crippen molar-refractivity contribution in [3.8, 4) is 45.0 Å². The molecule has 0 atom stereocenters. The largest absolute Gasteiger partial charge is 0.309 e. The van der Waals surface area contributed by atoms with Crippen molar-refractivity contribution in [2.45, 2.75) is 41.5 Å². The average Bonchev–Trinajstić information content (AvgIpc) is 3.29.